The van der Waals surface area contributed by atoms with Crippen LogP contribution < -0.4 is 0 Å². The Hall–Kier alpha value is 4.54. The molecule has 13 heteroatoms. The van der Waals surface area contributed by atoms with Gasteiger partial charge in [-0.05, 0) is 5.56 Å². The Balaban J connectivity index is -0.00000132. The van der Waals surface area contributed by atoms with Crippen molar-refractivity contribution in [3.05, 3.63) is 39.9 Å². The second-order valence-corrected chi connectivity index (χ2v) is 6.02. The topological polar surface area (TPSA) is 133 Å². The van der Waals surface area contributed by atoms with Gasteiger partial charge in [-0.1, -0.05) is 12.1 Å². The monoisotopic (exact) mass is 1240 g/mol. The molecule has 1 aliphatic heterocycles. The second-order valence-electron chi connectivity index (χ2n) is 4.93. The zero-order valence-corrected chi connectivity index (χ0v) is 33.6. The molecular formula is C13H17Ac4NO7S. The van der Waals surface area contributed by atoms with E-state index in [0.29, 0.717) is 5.75 Å². The molecule has 134 valence electrons. The molecule has 1 heterocycles. The molecule has 8 nitrogen and oxygen atoms in total. The maximum atomic E-state index is 10.6. The number of hydrogen-bond acceptors (Lipinski definition) is 8. The fourth-order valence-corrected chi connectivity index (χ4v) is 3.23. The van der Waals surface area contributed by atoms with Crippen LogP contribution in [0.15, 0.2) is 24.3 Å². The number of aliphatic hydroxyl groups excluding tert-OH is 4. The predicted octanol–water partition coefficient (Wildman–Crippen LogP) is -0.372. The van der Waals surface area contributed by atoms with E-state index in [-0.39, 0.29) is 182 Å². The van der Waals surface area contributed by atoms with Crippen molar-refractivity contribution >= 4 is 17.4 Å². The fourth-order valence-electron chi connectivity index (χ4n) is 2.10. The number of nitro benzene ring substituents is 1. The number of rotatable bonds is 5. The zero-order valence-electron chi connectivity index (χ0n) is 13.8. The van der Waals surface area contributed by atoms with Gasteiger partial charge in [0, 0.05) is 194 Å². The molecule has 0 saturated carbocycles. The molecule has 26 heavy (non-hydrogen) atoms. The summed E-state index contributed by atoms with van der Waals surface area (Å²) in [6, 6.07) is 5.94. The smallest absolute Gasteiger partial charge is 0.269 e. The van der Waals surface area contributed by atoms with Crippen LogP contribution in [0.4, 0.5) is 5.69 Å². The largest absolute Gasteiger partial charge is 0.394 e. The van der Waals surface area contributed by atoms with E-state index in [1.54, 1.807) is 12.1 Å². The van der Waals surface area contributed by atoms with Crippen LogP contribution in [-0.2, 0) is 10.5 Å². The molecule has 1 saturated heterocycles. The molecule has 0 amide bonds. The molecule has 1 aliphatic rings. The Morgan fingerprint density at radius 3 is 2.00 bits per heavy atom. The Morgan fingerprint density at radius 2 is 1.54 bits per heavy atom. The molecule has 1 fully saturated rings. The van der Waals surface area contributed by atoms with E-state index >= 15 is 0 Å². The number of nitro groups is 1. The summed E-state index contributed by atoms with van der Waals surface area (Å²) in [4.78, 5) is 10.1. The van der Waals surface area contributed by atoms with Gasteiger partial charge in [0.2, 0.25) is 0 Å². The normalized spacial score (nSPS) is 27.0. The Bertz CT molecular complexity index is 526. The number of ether oxygens (including phenoxy) is 1. The molecule has 0 spiro atoms. The van der Waals surface area contributed by atoms with E-state index in [0.717, 1.165) is 5.56 Å². The van der Waals surface area contributed by atoms with Crippen molar-refractivity contribution in [2.45, 2.75) is 35.6 Å². The summed E-state index contributed by atoms with van der Waals surface area (Å²) in [6.07, 6.45) is -5.01. The third-order valence-corrected chi connectivity index (χ3v) is 4.63. The third kappa shape index (κ3) is 10.4. The summed E-state index contributed by atoms with van der Waals surface area (Å²) in [5, 5.41) is 48.9. The number of non-ortho nitro benzene ring substituents is 1. The molecule has 0 aromatic heterocycles. The molecule has 4 radical (unpaired) electrons. The maximum Gasteiger partial charge on any atom is 0.269 e. The minimum atomic E-state index is -1.40. The second kappa shape index (κ2) is 18.0. The zero-order chi connectivity index (χ0) is 16.3. The Kier molecular flexibility index (Phi) is 24.3. The van der Waals surface area contributed by atoms with Gasteiger partial charge in [-0.25, -0.2) is 0 Å². The quantitative estimate of drug-likeness (QED) is 0.232. The van der Waals surface area contributed by atoms with Crippen LogP contribution in [0, 0.1) is 186 Å². The van der Waals surface area contributed by atoms with Gasteiger partial charge in [0.25, 0.3) is 5.69 Å². The SMILES string of the molecule is O=[N+]([O-])c1ccc(CSC2OC(CO)[C@H](O)[C@H](O)[C@@H]2O)cc1.[Ac].[Ac].[Ac].[Ac]. The number of hydrogen-bond donors (Lipinski definition) is 4. The first-order chi connectivity index (χ1) is 10.4. The average Bonchev–Trinajstić information content (AvgIpc) is 2.52. The van der Waals surface area contributed by atoms with E-state index in [4.69, 9.17) is 9.84 Å². The van der Waals surface area contributed by atoms with Crippen LogP contribution in [0.1, 0.15) is 5.56 Å². The minimum absolute atomic E-state index is 0. The summed E-state index contributed by atoms with van der Waals surface area (Å²) >= 11 is 1.17. The van der Waals surface area contributed by atoms with E-state index in [2.05, 4.69) is 0 Å². The first-order valence-corrected chi connectivity index (χ1v) is 7.64. The molecule has 1 aromatic rings. The molecule has 1 aromatic carbocycles. The van der Waals surface area contributed by atoms with Gasteiger partial charge in [0.15, 0.2) is 0 Å². The number of nitrogens with zero attached hydrogens (tertiary/aromatic N) is 1. The van der Waals surface area contributed by atoms with E-state index in [9.17, 15) is 25.4 Å². The summed E-state index contributed by atoms with van der Waals surface area (Å²) in [6.45, 7) is -0.473. The van der Waals surface area contributed by atoms with Crippen molar-refractivity contribution in [2.75, 3.05) is 6.61 Å². The van der Waals surface area contributed by atoms with Gasteiger partial charge in [-0.2, -0.15) is 0 Å². The number of thioether (sulfide) groups is 1. The van der Waals surface area contributed by atoms with Crippen molar-refractivity contribution < 1.29 is 206 Å². The van der Waals surface area contributed by atoms with E-state index in [1.165, 1.54) is 23.9 Å². The first-order valence-electron chi connectivity index (χ1n) is 6.59. The van der Waals surface area contributed by atoms with Crippen molar-refractivity contribution in [1.82, 2.24) is 0 Å². The minimum Gasteiger partial charge on any atom is -0.394 e. The summed E-state index contributed by atoms with van der Waals surface area (Å²) in [7, 11) is 0. The van der Waals surface area contributed by atoms with Gasteiger partial charge < -0.3 is 25.2 Å². The Morgan fingerprint density at radius 1 is 1.00 bits per heavy atom. The van der Waals surface area contributed by atoms with Crippen LogP contribution in [0.5, 0.6) is 0 Å². The van der Waals surface area contributed by atoms with Crippen LogP contribution in [0.3, 0.4) is 0 Å². The standard InChI is InChI=1S/C13H17NO7S.4Ac/c15-5-9-10(16)11(17)12(18)13(21-9)22-6-7-1-3-8(4-2-7)14(19)20;;;;/h1-4,9-13,15-18H,5-6H2;;;;/t9?,10-,11-,12-,13?;;;;/m0..../s1. The van der Waals surface area contributed by atoms with Crippen molar-refractivity contribution in [3.8, 4) is 0 Å². The van der Waals surface area contributed by atoms with Crippen molar-refractivity contribution in [3.63, 3.8) is 0 Å². The average molecular weight is 1240 g/mol. The molecule has 2 unspecified atom stereocenters. The van der Waals surface area contributed by atoms with Crippen LogP contribution in [-0.4, -0.2) is 61.8 Å². The van der Waals surface area contributed by atoms with Crippen LogP contribution in [0.25, 0.3) is 0 Å². The van der Waals surface area contributed by atoms with Crippen LogP contribution in [0.2, 0.25) is 0 Å². The van der Waals surface area contributed by atoms with Gasteiger partial charge in [-0.3, -0.25) is 10.1 Å². The van der Waals surface area contributed by atoms with Gasteiger partial charge >= 0.3 is 0 Å². The van der Waals surface area contributed by atoms with Gasteiger partial charge in [0.1, 0.15) is 29.9 Å². The van der Waals surface area contributed by atoms with Crippen molar-refractivity contribution in [1.29, 1.82) is 0 Å². The fraction of sp³-hybridized carbons (Fsp3) is 0.538. The summed E-state index contributed by atoms with van der Waals surface area (Å²) in [5.41, 5.74) is -0.0418. The first kappa shape index (κ1) is 35.1. The Labute approximate surface area is 298 Å². The summed E-state index contributed by atoms with van der Waals surface area (Å²) in [5.74, 6) is 0.390. The summed E-state index contributed by atoms with van der Waals surface area (Å²) < 4.78 is 5.36. The van der Waals surface area contributed by atoms with Crippen molar-refractivity contribution in [2.24, 2.45) is 0 Å². The molecular weight excluding hydrogens is 1220 g/mol. The number of aliphatic hydroxyl groups is 4. The van der Waals surface area contributed by atoms with Crippen LogP contribution >= 0.6 is 11.8 Å². The van der Waals surface area contributed by atoms with E-state index in [1.807, 2.05) is 0 Å². The molecule has 2 rings (SSSR count). The molecule has 4 N–H and O–H groups in total. The van der Waals surface area contributed by atoms with Gasteiger partial charge in [-0.15, -0.1) is 11.8 Å². The maximum absolute atomic E-state index is 10.6. The molecule has 5 atom stereocenters. The molecule has 0 bridgehead atoms. The number of benzene rings is 1. The van der Waals surface area contributed by atoms with E-state index < -0.39 is 41.4 Å². The third-order valence-electron chi connectivity index (χ3n) is 3.41. The van der Waals surface area contributed by atoms with Gasteiger partial charge in [0.05, 0.1) is 11.5 Å². The molecule has 0 aliphatic carbocycles. The predicted molar refractivity (Wildman–Crippen MR) is 78.2 cm³/mol.